The molecule has 1 aliphatic rings. The molecular formula is C19H19F2N3O6S. The van der Waals surface area contributed by atoms with Crippen LogP contribution in [0, 0.1) is 6.92 Å². The summed E-state index contributed by atoms with van der Waals surface area (Å²) < 4.78 is 39.9. The Balaban J connectivity index is 1.72. The maximum Gasteiger partial charge on any atom is 0.586 e. The zero-order valence-electron chi connectivity index (χ0n) is 16.8. The lowest BCUT2D eigenvalue weighted by molar-refractivity contribution is -0.286. The molecule has 31 heavy (non-hydrogen) atoms. The monoisotopic (exact) mass is 455 g/mol. The molecule has 0 unspecified atom stereocenters. The first-order valence-corrected chi connectivity index (χ1v) is 9.93. The van der Waals surface area contributed by atoms with Gasteiger partial charge in [-0.05, 0) is 31.5 Å². The highest BCUT2D eigenvalue weighted by Gasteiger charge is 2.43. The minimum atomic E-state index is -3.73. The van der Waals surface area contributed by atoms with E-state index in [9.17, 15) is 23.2 Å². The quantitative estimate of drug-likeness (QED) is 0.550. The van der Waals surface area contributed by atoms with E-state index in [-0.39, 0.29) is 40.1 Å². The van der Waals surface area contributed by atoms with Crippen molar-refractivity contribution in [2.45, 2.75) is 20.1 Å². The van der Waals surface area contributed by atoms with Gasteiger partial charge in [-0.2, -0.15) is 0 Å². The SMILES string of the molecule is CCOC(=O)c1c(NC(=O)CNc2ccc3c(c2)OC(F)(F)O3)sc(C(=O)NC)c1C. The largest absolute Gasteiger partial charge is 0.586 e. The number of thiophene rings is 1. The molecule has 9 nitrogen and oxygen atoms in total. The molecule has 166 valence electrons. The Kier molecular flexibility index (Phi) is 6.29. The van der Waals surface area contributed by atoms with Gasteiger partial charge in [-0.25, -0.2) is 4.79 Å². The van der Waals surface area contributed by atoms with Crippen LogP contribution >= 0.6 is 11.3 Å². The highest BCUT2D eigenvalue weighted by Crippen LogP contribution is 2.42. The summed E-state index contributed by atoms with van der Waals surface area (Å²) in [6.07, 6.45) is -3.73. The fourth-order valence-corrected chi connectivity index (χ4v) is 3.95. The van der Waals surface area contributed by atoms with Gasteiger partial charge in [0.1, 0.15) is 5.00 Å². The normalized spacial score (nSPS) is 13.5. The number of alkyl halides is 2. The van der Waals surface area contributed by atoms with E-state index in [1.807, 2.05) is 0 Å². The molecule has 0 saturated heterocycles. The number of esters is 1. The number of hydrogen-bond acceptors (Lipinski definition) is 8. The highest BCUT2D eigenvalue weighted by molar-refractivity contribution is 7.18. The van der Waals surface area contributed by atoms with Crippen molar-refractivity contribution in [1.29, 1.82) is 0 Å². The van der Waals surface area contributed by atoms with Gasteiger partial charge >= 0.3 is 12.3 Å². The number of carbonyl (C=O) groups is 3. The van der Waals surface area contributed by atoms with Crippen molar-refractivity contribution in [2.24, 2.45) is 0 Å². The van der Waals surface area contributed by atoms with Gasteiger partial charge < -0.3 is 30.2 Å². The number of carbonyl (C=O) groups excluding carboxylic acids is 3. The van der Waals surface area contributed by atoms with Crippen molar-refractivity contribution >= 4 is 39.8 Å². The van der Waals surface area contributed by atoms with Crippen LogP contribution in [0.25, 0.3) is 0 Å². The average Bonchev–Trinajstić information content (AvgIpc) is 3.19. The molecule has 0 fully saturated rings. The molecule has 12 heteroatoms. The first-order valence-electron chi connectivity index (χ1n) is 9.11. The number of benzene rings is 1. The van der Waals surface area contributed by atoms with Crippen LogP contribution in [-0.4, -0.2) is 44.3 Å². The van der Waals surface area contributed by atoms with Crippen molar-refractivity contribution < 1.29 is 37.4 Å². The summed E-state index contributed by atoms with van der Waals surface area (Å²) in [5.41, 5.74) is 0.834. The van der Waals surface area contributed by atoms with Gasteiger partial charge in [0.25, 0.3) is 5.91 Å². The Hall–Kier alpha value is -3.41. The molecule has 0 spiro atoms. The van der Waals surface area contributed by atoms with Crippen LogP contribution in [0.1, 0.15) is 32.5 Å². The van der Waals surface area contributed by atoms with Crippen LogP contribution in [-0.2, 0) is 9.53 Å². The first-order chi connectivity index (χ1) is 14.6. The maximum absolute atomic E-state index is 13.1. The number of anilines is 2. The summed E-state index contributed by atoms with van der Waals surface area (Å²) in [7, 11) is 1.45. The lowest BCUT2D eigenvalue weighted by atomic mass is 10.1. The topological polar surface area (TPSA) is 115 Å². The molecule has 3 rings (SSSR count). The molecule has 2 amide bonds. The Labute approximate surface area is 179 Å². The van der Waals surface area contributed by atoms with Gasteiger partial charge in [0.15, 0.2) is 11.5 Å². The van der Waals surface area contributed by atoms with Crippen molar-refractivity contribution in [3.05, 3.63) is 34.2 Å². The van der Waals surface area contributed by atoms with Crippen LogP contribution in [0.5, 0.6) is 11.5 Å². The molecule has 0 atom stereocenters. The summed E-state index contributed by atoms with van der Waals surface area (Å²) in [5.74, 6) is -1.87. The summed E-state index contributed by atoms with van der Waals surface area (Å²) in [4.78, 5) is 37.1. The Morgan fingerprint density at radius 2 is 1.90 bits per heavy atom. The second-order valence-electron chi connectivity index (χ2n) is 6.29. The highest BCUT2D eigenvalue weighted by atomic mass is 32.1. The number of fused-ring (bicyclic) bond motifs is 1. The Bertz CT molecular complexity index is 1040. The molecule has 0 radical (unpaired) electrons. The summed E-state index contributed by atoms with van der Waals surface area (Å²) in [6, 6.07) is 4.00. The fraction of sp³-hybridized carbons (Fsp3) is 0.316. The molecule has 1 aromatic carbocycles. The molecular weight excluding hydrogens is 436 g/mol. The number of ether oxygens (including phenoxy) is 3. The molecule has 1 aliphatic heterocycles. The van der Waals surface area contributed by atoms with E-state index in [0.29, 0.717) is 11.3 Å². The second-order valence-corrected chi connectivity index (χ2v) is 7.31. The molecule has 2 heterocycles. The van der Waals surface area contributed by atoms with E-state index in [0.717, 1.165) is 11.3 Å². The van der Waals surface area contributed by atoms with Crippen LogP contribution in [0.4, 0.5) is 19.5 Å². The molecule has 1 aromatic heterocycles. The van der Waals surface area contributed by atoms with Crippen molar-refractivity contribution in [2.75, 3.05) is 30.8 Å². The summed E-state index contributed by atoms with van der Waals surface area (Å²) in [5, 5.41) is 8.01. The van der Waals surface area contributed by atoms with E-state index in [4.69, 9.17) is 4.74 Å². The third kappa shape index (κ3) is 4.85. The summed E-state index contributed by atoms with van der Waals surface area (Å²) in [6.45, 7) is 3.11. The smallest absolute Gasteiger partial charge is 0.462 e. The number of halogens is 2. The second kappa shape index (κ2) is 8.76. The standard InChI is InChI=1S/C19H19F2N3O6S/c1-4-28-18(27)14-9(2)15(16(26)22-3)31-17(14)24-13(25)8-23-10-5-6-11-12(7-10)30-19(20,21)29-11/h5-7,23H,4,8H2,1-3H3,(H,22,26)(H,24,25). The molecule has 0 aliphatic carbocycles. The number of amides is 2. The minimum absolute atomic E-state index is 0.101. The average molecular weight is 455 g/mol. The molecule has 0 saturated carbocycles. The molecule has 0 bridgehead atoms. The first kappa shape index (κ1) is 22.3. The van der Waals surface area contributed by atoms with E-state index >= 15 is 0 Å². The number of hydrogen-bond donors (Lipinski definition) is 3. The van der Waals surface area contributed by atoms with Crippen molar-refractivity contribution in [3.63, 3.8) is 0 Å². The Morgan fingerprint density at radius 1 is 1.19 bits per heavy atom. The predicted molar refractivity (Wildman–Crippen MR) is 108 cm³/mol. The van der Waals surface area contributed by atoms with Gasteiger partial charge in [0, 0.05) is 18.8 Å². The lowest BCUT2D eigenvalue weighted by Gasteiger charge is -2.09. The van der Waals surface area contributed by atoms with E-state index in [2.05, 4.69) is 25.4 Å². The zero-order valence-corrected chi connectivity index (χ0v) is 17.6. The zero-order chi connectivity index (χ0) is 22.8. The van der Waals surface area contributed by atoms with Crippen LogP contribution in [0.2, 0.25) is 0 Å². The van der Waals surface area contributed by atoms with E-state index < -0.39 is 24.1 Å². The van der Waals surface area contributed by atoms with Gasteiger partial charge in [-0.15, -0.1) is 20.1 Å². The van der Waals surface area contributed by atoms with Crippen LogP contribution in [0.3, 0.4) is 0 Å². The van der Waals surface area contributed by atoms with Crippen molar-refractivity contribution in [1.82, 2.24) is 5.32 Å². The van der Waals surface area contributed by atoms with Crippen LogP contribution < -0.4 is 25.4 Å². The lowest BCUT2D eigenvalue weighted by Crippen LogP contribution is -2.25. The minimum Gasteiger partial charge on any atom is -0.462 e. The predicted octanol–water partition coefficient (Wildman–Crippen LogP) is 2.96. The number of rotatable bonds is 7. The fourth-order valence-electron chi connectivity index (χ4n) is 2.79. The van der Waals surface area contributed by atoms with E-state index in [1.54, 1.807) is 13.8 Å². The van der Waals surface area contributed by atoms with Crippen LogP contribution in [0.15, 0.2) is 18.2 Å². The molecule has 3 N–H and O–H groups in total. The number of nitrogens with one attached hydrogen (secondary N) is 3. The maximum atomic E-state index is 13.1. The van der Waals surface area contributed by atoms with Gasteiger partial charge in [-0.1, -0.05) is 0 Å². The van der Waals surface area contributed by atoms with Gasteiger partial charge in [0.05, 0.1) is 23.6 Å². The Morgan fingerprint density at radius 3 is 2.58 bits per heavy atom. The third-order valence-electron chi connectivity index (χ3n) is 4.17. The van der Waals surface area contributed by atoms with Gasteiger partial charge in [0.2, 0.25) is 5.91 Å². The van der Waals surface area contributed by atoms with Crippen molar-refractivity contribution in [3.8, 4) is 11.5 Å². The van der Waals surface area contributed by atoms with Gasteiger partial charge in [-0.3, -0.25) is 9.59 Å². The third-order valence-corrected chi connectivity index (χ3v) is 5.37. The molecule has 2 aromatic rings. The summed E-state index contributed by atoms with van der Waals surface area (Å²) >= 11 is 0.947. The van der Waals surface area contributed by atoms with E-state index in [1.165, 1.54) is 25.2 Å².